The number of hydrogen-bond acceptors (Lipinski definition) is 3. The van der Waals surface area contributed by atoms with E-state index in [2.05, 4.69) is 13.8 Å². The maximum absolute atomic E-state index is 12.4. The Kier molecular flexibility index (Phi) is 2.87. The van der Waals surface area contributed by atoms with Crippen LogP contribution in [0.1, 0.15) is 65.2 Å². The van der Waals surface area contributed by atoms with Gasteiger partial charge in [0.1, 0.15) is 5.78 Å². The number of rotatable bonds is 0. The van der Waals surface area contributed by atoms with E-state index in [1.54, 1.807) is 0 Å². The standard InChI is InChI=1S/C19H26O3/c1-17-9-10-19(22)15(14(17)5-6-16(17)21)4-3-12-11-13(20)7-8-18(12,19)2/h11,14-15,22H,3-10H2,1-2H3/t14?,15?,17-,18-,19+/m0/s1. The predicted octanol–water partition coefficient (Wildman–Crippen LogP) is 3.20. The molecule has 120 valence electrons. The molecule has 3 nitrogen and oxygen atoms in total. The van der Waals surface area contributed by atoms with Crippen molar-refractivity contribution in [1.82, 2.24) is 0 Å². The van der Waals surface area contributed by atoms with Crippen LogP contribution >= 0.6 is 0 Å². The van der Waals surface area contributed by atoms with E-state index in [1.807, 2.05) is 6.08 Å². The van der Waals surface area contributed by atoms with Crippen LogP contribution in [0.15, 0.2) is 11.6 Å². The summed E-state index contributed by atoms with van der Waals surface area (Å²) >= 11 is 0. The molecule has 0 spiro atoms. The van der Waals surface area contributed by atoms with Crippen LogP contribution in [0.25, 0.3) is 0 Å². The van der Waals surface area contributed by atoms with E-state index in [-0.39, 0.29) is 22.5 Å². The molecule has 0 aromatic carbocycles. The second-order valence-electron chi connectivity index (χ2n) is 8.52. The minimum absolute atomic E-state index is 0.209. The molecule has 0 amide bonds. The molecule has 0 aromatic heterocycles. The second-order valence-corrected chi connectivity index (χ2v) is 8.52. The van der Waals surface area contributed by atoms with Crippen molar-refractivity contribution in [1.29, 1.82) is 0 Å². The molecular formula is C19H26O3. The molecule has 2 unspecified atom stereocenters. The quantitative estimate of drug-likeness (QED) is 0.747. The van der Waals surface area contributed by atoms with E-state index in [4.69, 9.17) is 0 Å². The fraction of sp³-hybridized carbons (Fsp3) is 0.789. The summed E-state index contributed by atoms with van der Waals surface area (Å²) in [5, 5.41) is 11.7. The molecule has 0 aromatic rings. The summed E-state index contributed by atoms with van der Waals surface area (Å²) < 4.78 is 0. The fourth-order valence-corrected chi connectivity index (χ4v) is 6.27. The number of carbonyl (C=O) groups is 2. The van der Waals surface area contributed by atoms with E-state index in [9.17, 15) is 14.7 Å². The van der Waals surface area contributed by atoms with Crippen molar-refractivity contribution in [3.8, 4) is 0 Å². The van der Waals surface area contributed by atoms with Crippen molar-refractivity contribution in [2.45, 2.75) is 70.8 Å². The zero-order valence-corrected chi connectivity index (χ0v) is 13.7. The van der Waals surface area contributed by atoms with Crippen molar-refractivity contribution in [2.24, 2.45) is 22.7 Å². The van der Waals surface area contributed by atoms with Gasteiger partial charge < -0.3 is 5.11 Å². The molecule has 4 rings (SSSR count). The van der Waals surface area contributed by atoms with E-state index in [0.717, 1.165) is 37.7 Å². The van der Waals surface area contributed by atoms with E-state index < -0.39 is 5.60 Å². The first kappa shape index (κ1) is 14.6. The summed E-state index contributed by atoms with van der Waals surface area (Å²) in [6.07, 6.45) is 8.11. The molecule has 0 saturated heterocycles. The van der Waals surface area contributed by atoms with Crippen molar-refractivity contribution in [3.05, 3.63) is 11.6 Å². The summed E-state index contributed by atoms with van der Waals surface area (Å²) in [4.78, 5) is 24.2. The summed E-state index contributed by atoms with van der Waals surface area (Å²) in [5.41, 5.74) is -0.0436. The van der Waals surface area contributed by atoms with Gasteiger partial charge in [-0.3, -0.25) is 9.59 Å². The van der Waals surface area contributed by atoms with Gasteiger partial charge in [-0.2, -0.15) is 0 Å². The average molecular weight is 302 g/mol. The zero-order chi connectivity index (χ0) is 15.8. The van der Waals surface area contributed by atoms with Gasteiger partial charge in [-0.05, 0) is 56.4 Å². The number of aliphatic hydroxyl groups is 1. The second kappa shape index (κ2) is 4.31. The summed E-state index contributed by atoms with van der Waals surface area (Å²) in [6.45, 7) is 4.29. The largest absolute Gasteiger partial charge is 0.389 e. The molecule has 0 heterocycles. The van der Waals surface area contributed by atoms with Crippen LogP contribution in [-0.2, 0) is 9.59 Å². The number of ketones is 2. The van der Waals surface area contributed by atoms with Gasteiger partial charge in [-0.25, -0.2) is 0 Å². The molecule has 5 atom stereocenters. The molecule has 4 aliphatic rings. The van der Waals surface area contributed by atoms with Gasteiger partial charge in [0, 0.05) is 23.7 Å². The first-order chi connectivity index (χ1) is 10.3. The van der Waals surface area contributed by atoms with Gasteiger partial charge in [0.15, 0.2) is 5.78 Å². The van der Waals surface area contributed by atoms with Crippen molar-refractivity contribution < 1.29 is 14.7 Å². The third-order valence-corrected chi connectivity index (χ3v) is 7.86. The molecule has 0 aliphatic heterocycles. The highest BCUT2D eigenvalue weighted by atomic mass is 16.3. The maximum Gasteiger partial charge on any atom is 0.155 e. The first-order valence-electron chi connectivity index (χ1n) is 8.81. The van der Waals surface area contributed by atoms with E-state index >= 15 is 0 Å². The Morgan fingerprint density at radius 1 is 1.00 bits per heavy atom. The Morgan fingerprint density at radius 3 is 2.50 bits per heavy atom. The SMILES string of the molecule is C[C@]12CCC(=O)C=C1CCC1C3CCC(=O)[C@@]3(C)CC[C@@]12O. The smallest absolute Gasteiger partial charge is 0.155 e. The predicted molar refractivity (Wildman–Crippen MR) is 83.2 cm³/mol. The van der Waals surface area contributed by atoms with Gasteiger partial charge in [-0.15, -0.1) is 0 Å². The molecule has 0 bridgehead atoms. The van der Waals surface area contributed by atoms with Crippen LogP contribution in [0.3, 0.4) is 0 Å². The molecule has 3 saturated carbocycles. The normalized spacial score (nSPS) is 51.0. The number of hydrogen-bond donors (Lipinski definition) is 1. The Balaban J connectivity index is 1.78. The molecule has 1 N–H and O–H groups in total. The minimum atomic E-state index is -0.730. The molecular weight excluding hydrogens is 276 g/mol. The lowest BCUT2D eigenvalue weighted by atomic mass is 9.45. The Labute approximate surface area is 132 Å². The average Bonchev–Trinajstić information content (AvgIpc) is 2.77. The fourth-order valence-electron chi connectivity index (χ4n) is 6.27. The van der Waals surface area contributed by atoms with Crippen LogP contribution in [0.2, 0.25) is 0 Å². The third kappa shape index (κ3) is 1.56. The lowest BCUT2D eigenvalue weighted by molar-refractivity contribution is -0.188. The topological polar surface area (TPSA) is 54.4 Å². The number of fused-ring (bicyclic) bond motifs is 5. The summed E-state index contributed by atoms with van der Waals surface area (Å²) in [5.74, 6) is 1.17. The summed E-state index contributed by atoms with van der Waals surface area (Å²) in [7, 11) is 0. The van der Waals surface area contributed by atoms with Gasteiger partial charge in [0.2, 0.25) is 0 Å². The highest BCUT2D eigenvalue weighted by molar-refractivity contribution is 5.92. The molecule has 0 radical (unpaired) electrons. The lowest BCUT2D eigenvalue weighted by Crippen LogP contribution is -2.63. The highest BCUT2D eigenvalue weighted by Gasteiger charge is 2.65. The van der Waals surface area contributed by atoms with Crippen LogP contribution in [0.4, 0.5) is 0 Å². The summed E-state index contributed by atoms with van der Waals surface area (Å²) in [6, 6.07) is 0. The van der Waals surface area contributed by atoms with Crippen molar-refractivity contribution in [2.75, 3.05) is 0 Å². The van der Waals surface area contributed by atoms with Gasteiger partial charge >= 0.3 is 0 Å². The van der Waals surface area contributed by atoms with E-state index in [0.29, 0.717) is 31.0 Å². The third-order valence-electron chi connectivity index (χ3n) is 7.86. The molecule has 3 heteroatoms. The Morgan fingerprint density at radius 2 is 1.73 bits per heavy atom. The maximum atomic E-state index is 12.4. The van der Waals surface area contributed by atoms with E-state index in [1.165, 1.54) is 0 Å². The number of Topliss-reactive ketones (excluding diaryl/α,β-unsaturated/α-hetero) is 1. The number of carbonyl (C=O) groups excluding carboxylic acids is 2. The van der Waals surface area contributed by atoms with Crippen molar-refractivity contribution >= 4 is 11.6 Å². The molecule has 4 aliphatic carbocycles. The van der Waals surface area contributed by atoms with Crippen molar-refractivity contribution in [3.63, 3.8) is 0 Å². The van der Waals surface area contributed by atoms with Gasteiger partial charge in [-0.1, -0.05) is 19.4 Å². The van der Waals surface area contributed by atoms with Crippen LogP contribution in [-0.4, -0.2) is 22.3 Å². The molecule has 22 heavy (non-hydrogen) atoms. The lowest BCUT2D eigenvalue weighted by Gasteiger charge is -2.61. The highest BCUT2D eigenvalue weighted by Crippen LogP contribution is 2.66. The first-order valence-corrected chi connectivity index (χ1v) is 8.81. The van der Waals surface area contributed by atoms with Crippen LogP contribution in [0.5, 0.6) is 0 Å². The Bertz CT molecular complexity index is 591. The zero-order valence-electron chi connectivity index (χ0n) is 13.7. The van der Waals surface area contributed by atoms with Crippen LogP contribution < -0.4 is 0 Å². The Hall–Kier alpha value is -0.960. The van der Waals surface area contributed by atoms with Gasteiger partial charge in [0.25, 0.3) is 0 Å². The monoisotopic (exact) mass is 302 g/mol. The van der Waals surface area contributed by atoms with Crippen LogP contribution in [0, 0.1) is 22.7 Å². The van der Waals surface area contributed by atoms with Gasteiger partial charge in [0.05, 0.1) is 5.60 Å². The molecule has 3 fully saturated rings. The minimum Gasteiger partial charge on any atom is -0.389 e.